The fourth-order valence-electron chi connectivity index (χ4n) is 3.12. The van der Waals surface area contributed by atoms with Crippen LogP contribution in [0.4, 0.5) is 0 Å². The number of rotatable bonds is 0. The summed E-state index contributed by atoms with van der Waals surface area (Å²) in [5, 5.41) is 10.5. The molecule has 0 atom stereocenters. The molecule has 0 bridgehead atoms. The predicted octanol–water partition coefficient (Wildman–Crippen LogP) is 3.40. The Labute approximate surface area is 121 Å². The maximum absolute atomic E-state index is 12.8. The second kappa shape index (κ2) is 3.73. The zero-order chi connectivity index (χ0) is 14.8. The molecule has 1 N–H and O–H groups in total. The number of ketones is 1. The Morgan fingerprint density at radius 3 is 2.86 bits per heavy atom. The number of fused-ring (bicyclic) bond motifs is 4. The summed E-state index contributed by atoms with van der Waals surface area (Å²) in [5.41, 5.74) is 2.13. The molecule has 4 nitrogen and oxygen atoms in total. The third-order valence-electron chi connectivity index (χ3n) is 4.21. The Morgan fingerprint density at radius 1 is 1.24 bits per heavy atom. The van der Waals surface area contributed by atoms with Gasteiger partial charge in [-0.05, 0) is 43.7 Å². The first-order chi connectivity index (χ1) is 10.00. The smallest absolute Gasteiger partial charge is 0.197 e. The first-order valence-electron chi connectivity index (χ1n) is 6.75. The minimum atomic E-state index is -0.490. The highest BCUT2D eigenvalue weighted by molar-refractivity contribution is 6.19. The molecule has 0 spiro atoms. The van der Waals surface area contributed by atoms with Crippen molar-refractivity contribution in [1.29, 1.82) is 0 Å². The van der Waals surface area contributed by atoms with Gasteiger partial charge < -0.3 is 9.52 Å². The Hall–Kier alpha value is -2.62. The van der Waals surface area contributed by atoms with E-state index in [1.165, 1.54) is 0 Å². The van der Waals surface area contributed by atoms with Crippen molar-refractivity contribution >= 4 is 16.8 Å². The molecule has 0 radical (unpaired) electrons. The SMILES string of the molecule is CC1(C)c2cc(O)ccc2C(=O)c2c1oc1cnccc21. The third-order valence-corrected chi connectivity index (χ3v) is 4.21. The van der Waals surface area contributed by atoms with Crippen molar-refractivity contribution < 1.29 is 14.3 Å². The van der Waals surface area contributed by atoms with Crippen molar-refractivity contribution in [2.75, 3.05) is 0 Å². The van der Waals surface area contributed by atoms with Crippen molar-refractivity contribution in [1.82, 2.24) is 4.98 Å². The molecule has 3 aromatic rings. The van der Waals surface area contributed by atoms with Gasteiger partial charge in [-0.1, -0.05) is 0 Å². The molecular formula is C17H13NO3. The van der Waals surface area contributed by atoms with Crippen LogP contribution in [0.25, 0.3) is 11.0 Å². The normalized spacial score (nSPS) is 15.8. The van der Waals surface area contributed by atoms with E-state index in [1.54, 1.807) is 36.7 Å². The molecule has 1 aliphatic rings. The van der Waals surface area contributed by atoms with Crippen LogP contribution in [0.2, 0.25) is 0 Å². The number of hydrogen-bond acceptors (Lipinski definition) is 4. The lowest BCUT2D eigenvalue weighted by Gasteiger charge is -2.30. The molecule has 2 heterocycles. The number of phenols is 1. The minimum Gasteiger partial charge on any atom is -0.508 e. The number of carbonyl (C=O) groups excluding carboxylic acids is 1. The standard InChI is InChI=1S/C17H13NO3/c1-17(2)12-7-9(19)3-4-10(12)15(20)14-11-5-6-18-8-13(11)21-16(14)17/h3-8,19H,1-2H3. The summed E-state index contributed by atoms with van der Waals surface area (Å²) in [7, 11) is 0. The molecule has 1 aliphatic carbocycles. The summed E-state index contributed by atoms with van der Waals surface area (Å²) < 4.78 is 5.91. The minimum absolute atomic E-state index is 0.0655. The Bertz CT molecular complexity index is 906. The molecule has 104 valence electrons. The maximum Gasteiger partial charge on any atom is 0.197 e. The van der Waals surface area contributed by atoms with Gasteiger partial charge in [-0.2, -0.15) is 0 Å². The lowest BCUT2D eigenvalue weighted by Crippen LogP contribution is -2.29. The quantitative estimate of drug-likeness (QED) is 0.685. The summed E-state index contributed by atoms with van der Waals surface area (Å²) in [4.78, 5) is 16.9. The molecule has 0 saturated carbocycles. The van der Waals surface area contributed by atoms with Crippen LogP contribution in [-0.4, -0.2) is 15.9 Å². The topological polar surface area (TPSA) is 63.3 Å². The van der Waals surface area contributed by atoms with Crippen molar-refractivity contribution in [2.24, 2.45) is 0 Å². The van der Waals surface area contributed by atoms with E-state index in [9.17, 15) is 9.90 Å². The van der Waals surface area contributed by atoms with Crippen molar-refractivity contribution in [3.63, 3.8) is 0 Å². The summed E-state index contributed by atoms with van der Waals surface area (Å²) in [6.07, 6.45) is 3.28. The molecule has 4 rings (SSSR count). The second-order valence-corrected chi connectivity index (χ2v) is 5.86. The highest BCUT2D eigenvalue weighted by Crippen LogP contribution is 2.45. The summed E-state index contributed by atoms with van der Waals surface area (Å²) in [5.74, 6) is 0.716. The van der Waals surface area contributed by atoms with Crippen LogP contribution in [0, 0.1) is 0 Å². The van der Waals surface area contributed by atoms with E-state index >= 15 is 0 Å². The van der Waals surface area contributed by atoms with E-state index in [0.717, 1.165) is 10.9 Å². The highest BCUT2D eigenvalue weighted by atomic mass is 16.3. The van der Waals surface area contributed by atoms with Gasteiger partial charge in [-0.3, -0.25) is 9.78 Å². The number of hydrogen-bond donors (Lipinski definition) is 1. The van der Waals surface area contributed by atoms with E-state index in [1.807, 2.05) is 13.8 Å². The average Bonchev–Trinajstić information content (AvgIpc) is 2.86. The molecule has 2 aromatic heterocycles. The summed E-state index contributed by atoms with van der Waals surface area (Å²) >= 11 is 0. The predicted molar refractivity (Wildman–Crippen MR) is 77.7 cm³/mol. The molecule has 1 aromatic carbocycles. The number of nitrogens with zero attached hydrogens (tertiary/aromatic N) is 1. The Kier molecular flexibility index (Phi) is 2.15. The molecule has 0 fully saturated rings. The Morgan fingerprint density at radius 2 is 2.05 bits per heavy atom. The van der Waals surface area contributed by atoms with Gasteiger partial charge in [0.2, 0.25) is 0 Å². The molecular weight excluding hydrogens is 266 g/mol. The lowest BCUT2D eigenvalue weighted by atomic mass is 9.72. The number of aromatic hydroxyl groups is 1. The van der Waals surface area contributed by atoms with Gasteiger partial charge >= 0.3 is 0 Å². The van der Waals surface area contributed by atoms with Gasteiger partial charge in [0.1, 0.15) is 11.5 Å². The largest absolute Gasteiger partial charge is 0.508 e. The van der Waals surface area contributed by atoms with Crippen molar-refractivity contribution in [2.45, 2.75) is 19.3 Å². The zero-order valence-corrected chi connectivity index (χ0v) is 11.7. The monoisotopic (exact) mass is 279 g/mol. The van der Waals surface area contributed by atoms with Crippen LogP contribution in [0.3, 0.4) is 0 Å². The molecule has 0 unspecified atom stereocenters. The molecule has 4 heteroatoms. The number of pyridine rings is 1. The number of aromatic nitrogens is 1. The van der Waals surface area contributed by atoms with Crippen LogP contribution in [0.1, 0.15) is 41.1 Å². The van der Waals surface area contributed by atoms with E-state index in [0.29, 0.717) is 22.5 Å². The van der Waals surface area contributed by atoms with Crippen LogP contribution in [0.5, 0.6) is 5.75 Å². The first-order valence-corrected chi connectivity index (χ1v) is 6.75. The number of benzene rings is 1. The third kappa shape index (κ3) is 1.44. The van der Waals surface area contributed by atoms with Crippen LogP contribution >= 0.6 is 0 Å². The van der Waals surface area contributed by atoms with Gasteiger partial charge in [0.05, 0.1) is 11.8 Å². The van der Waals surface area contributed by atoms with Gasteiger partial charge in [-0.25, -0.2) is 0 Å². The molecule has 21 heavy (non-hydrogen) atoms. The second-order valence-electron chi connectivity index (χ2n) is 5.86. The summed E-state index contributed by atoms with van der Waals surface area (Å²) in [6.45, 7) is 3.98. The fraction of sp³-hybridized carbons (Fsp3) is 0.176. The van der Waals surface area contributed by atoms with Crippen LogP contribution in [-0.2, 0) is 5.41 Å². The highest BCUT2D eigenvalue weighted by Gasteiger charge is 2.41. The molecule has 0 amide bonds. The van der Waals surface area contributed by atoms with E-state index in [-0.39, 0.29) is 11.5 Å². The van der Waals surface area contributed by atoms with E-state index < -0.39 is 5.41 Å². The Balaban J connectivity index is 2.14. The summed E-state index contributed by atoms with van der Waals surface area (Å²) in [6, 6.07) is 6.66. The van der Waals surface area contributed by atoms with E-state index in [4.69, 9.17) is 4.42 Å². The van der Waals surface area contributed by atoms with Crippen LogP contribution < -0.4 is 0 Å². The van der Waals surface area contributed by atoms with Crippen molar-refractivity contribution in [3.05, 3.63) is 59.1 Å². The maximum atomic E-state index is 12.8. The van der Waals surface area contributed by atoms with Gasteiger partial charge in [-0.15, -0.1) is 0 Å². The fourth-order valence-corrected chi connectivity index (χ4v) is 3.12. The van der Waals surface area contributed by atoms with Gasteiger partial charge in [0, 0.05) is 22.6 Å². The molecule has 0 saturated heterocycles. The number of furan rings is 1. The molecule has 0 aliphatic heterocycles. The van der Waals surface area contributed by atoms with E-state index in [2.05, 4.69) is 4.98 Å². The number of phenolic OH excluding ortho intramolecular Hbond substituents is 1. The van der Waals surface area contributed by atoms with Gasteiger partial charge in [0.15, 0.2) is 11.4 Å². The zero-order valence-electron chi connectivity index (χ0n) is 11.7. The first kappa shape index (κ1) is 12.1. The van der Waals surface area contributed by atoms with Crippen LogP contribution in [0.15, 0.2) is 41.1 Å². The van der Waals surface area contributed by atoms with Gasteiger partial charge in [0.25, 0.3) is 0 Å². The average molecular weight is 279 g/mol. The number of carbonyl (C=O) groups is 1. The van der Waals surface area contributed by atoms with Crippen molar-refractivity contribution in [3.8, 4) is 5.75 Å². The lowest BCUT2D eigenvalue weighted by molar-refractivity contribution is 0.102.